The van der Waals surface area contributed by atoms with E-state index >= 15 is 0 Å². The highest BCUT2D eigenvalue weighted by Crippen LogP contribution is 2.23. The SMILES string of the molecule is CSc1ccccc1C(=O)N1CCCC(N(C)CC(=O)O)CC1. The van der Waals surface area contributed by atoms with Gasteiger partial charge in [-0.05, 0) is 44.7 Å². The summed E-state index contributed by atoms with van der Waals surface area (Å²) in [5, 5.41) is 8.92. The summed E-state index contributed by atoms with van der Waals surface area (Å²) < 4.78 is 0. The normalized spacial score (nSPS) is 18.7. The zero-order valence-electron chi connectivity index (χ0n) is 13.7. The average molecular weight is 336 g/mol. The van der Waals surface area contributed by atoms with Gasteiger partial charge in [0.15, 0.2) is 0 Å². The number of likely N-dealkylation sites (tertiary alicyclic amines) is 1. The molecule has 126 valence electrons. The summed E-state index contributed by atoms with van der Waals surface area (Å²) in [4.78, 5) is 28.4. The molecule has 0 bridgehead atoms. The predicted molar refractivity (Wildman–Crippen MR) is 92.0 cm³/mol. The smallest absolute Gasteiger partial charge is 0.317 e. The minimum atomic E-state index is -0.807. The van der Waals surface area contributed by atoms with Gasteiger partial charge in [0, 0.05) is 24.0 Å². The quantitative estimate of drug-likeness (QED) is 0.837. The molecule has 1 atom stereocenters. The van der Waals surface area contributed by atoms with E-state index in [9.17, 15) is 9.59 Å². The van der Waals surface area contributed by atoms with Crippen molar-refractivity contribution in [1.29, 1.82) is 0 Å². The van der Waals surface area contributed by atoms with Crippen LogP contribution in [0.2, 0.25) is 0 Å². The molecule has 1 aliphatic rings. The Hall–Kier alpha value is -1.53. The van der Waals surface area contributed by atoms with Crippen LogP contribution < -0.4 is 0 Å². The second-order valence-electron chi connectivity index (χ2n) is 5.89. The van der Waals surface area contributed by atoms with Crippen molar-refractivity contribution < 1.29 is 14.7 Å². The lowest BCUT2D eigenvalue weighted by atomic mass is 10.1. The number of thioether (sulfide) groups is 1. The Balaban J connectivity index is 2.02. The van der Waals surface area contributed by atoms with Crippen molar-refractivity contribution in [1.82, 2.24) is 9.80 Å². The molecule has 6 heteroatoms. The first-order valence-corrected chi connectivity index (χ1v) is 9.09. The fraction of sp³-hybridized carbons (Fsp3) is 0.529. The third kappa shape index (κ3) is 4.72. The van der Waals surface area contributed by atoms with Gasteiger partial charge in [-0.3, -0.25) is 14.5 Å². The van der Waals surface area contributed by atoms with Crippen molar-refractivity contribution in [3.8, 4) is 0 Å². The molecular formula is C17H24N2O3S. The van der Waals surface area contributed by atoms with Crippen molar-refractivity contribution in [2.24, 2.45) is 0 Å². The lowest BCUT2D eigenvalue weighted by Gasteiger charge is -2.25. The van der Waals surface area contributed by atoms with Crippen LogP contribution in [0.1, 0.15) is 29.6 Å². The molecule has 1 amide bonds. The topological polar surface area (TPSA) is 60.9 Å². The molecule has 0 saturated carbocycles. The van der Waals surface area contributed by atoms with Gasteiger partial charge in [0.25, 0.3) is 5.91 Å². The van der Waals surface area contributed by atoms with Gasteiger partial charge in [-0.2, -0.15) is 0 Å². The van der Waals surface area contributed by atoms with Crippen molar-refractivity contribution in [2.75, 3.05) is 32.9 Å². The largest absolute Gasteiger partial charge is 0.480 e. The number of aliphatic carboxylic acids is 1. The summed E-state index contributed by atoms with van der Waals surface area (Å²) >= 11 is 1.58. The van der Waals surface area contributed by atoms with E-state index in [0.29, 0.717) is 6.54 Å². The maximum absolute atomic E-state index is 12.8. The number of hydrogen-bond donors (Lipinski definition) is 1. The summed E-state index contributed by atoms with van der Waals surface area (Å²) in [6.45, 7) is 1.46. The molecule has 1 heterocycles. The fourth-order valence-corrected chi connectivity index (χ4v) is 3.65. The van der Waals surface area contributed by atoms with Gasteiger partial charge in [0.05, 0.1) is 12.1 Å². The second kappa shape index (κ2) is 8.36. The monoisotopic (exact) mass is 336 g/mol. The van der Waals surface area contributed by atoms with Gasteiger partial charge in [-0.1, -0.05) is 12.1 Å². The Morgan fingerprint density at radius 3 is 2.74 bits per heavy atom. The highest BCUT2D eigenvalue weighted by Gasteiger charge is 2.25. The molecule has 1 fully saturated rings. The molecule has 0 aromatic heterocycles. The second-order valence-corrected chi connectivity index (χ2v) is 6.73. The molecule has 5 nitrogen and oxygen atoms in total. The van der Waals surface area contributed by atoms with Crippen molar-refractivity contribution in [3.63, 3.8) is 0 Å². The van der Waals surface area contributed by atoms with Gasteiger partial charge in [0.2, 0.25) is 0 Å². The highest BCUT2D eigenvalue weighted by atomic mass is 32.2. The van der Waals surface area contributed by atoms with E-state index in [0.717, 1.165) is 36.3 Å². The average Bonchev–Trinajstić information content (AvgIpc) is 2.79. The summed E-state index contributed by atoms with van der Waals surface area (Å²) in [5.41, 5.74) is 0.761. The Morgan fingerprint density at radius 2 is 2.04 bits per heavy atom. The highest BCUT2D eigenvalue weighted by molar-refractivity contribution is 7.98. The number of likely N-dealkylation sites (N-methyl/N-ethyl adjacent to an activating group) is 1. The van der Waals surface area contributed by atoms with E-state index < -0.39 is 5.97 Å². The van der Waals surface area contributed by atoms with Crippen molar-refractivity contribution >= 4 is 23.6 Å². The van der Waals surface area contributed by atoms with Crippen LogP contribution in [0.3, 0.4) is 0 Å². The van der Waals surface area contributed by atoms with E-state index in [1.165, 1.54) is 0 Å². The number of nitrogens with zero attached hydrogens (tertiary/aromatic N) is 2. The van der Waals surface area contributed by atoms with E-state index in [1.54, 1.807) is 11.8 Å². The van der Waals surface area contributed by atoms with E-state index in [4.69, 9.17) is 5.11 Å². The molecule has 0 aliphatic carbocycles. The number of amides is 1. The van der Waals surface area contributed by atoms with Crippen LogP contribution in [0.4, 0.5) is 0 Å². The number of carbonyl (C=O) groups is 2. The Morgan fingerprint density at radius 1 is 1.30 bits per heavy atom. The zero-order valence-corrected chi connectivity index (χ0v) is 14.5. The van der Waals surface area contributed by atoms with E-state index in [2.05, 4.69) is 0 Å². The molecule has 1 aliphatic heterocycles. The van der Waals surface area contributed by atoms with E-state index in [1.807, 2.05) is 47.4 Å². The lowest BCUT2D eigenvalue weighted by Crippen LogP contribution is -2.37. The number of carboxylic acids is 1. The molecule has 23 heavy (non-hydrogen) atoms. The number of carboxylic acid groups (broad SMARTS) is 1. The first-order chi connectivity index (χ1) is 11.0. The number of rotatable bonds is 5. The molecule has 1 aromatic carbocycles. The van der Waals surface area contributed by atoms with Gasteiger partial charge in [-0.15, -0.1) is 11.8 Å². The zero-order chi connectivity index (χ0) is 16.8. The van der Waals surface area contributed by atoms with Crippen LogP contribution in [0.25, 0.3) is 0 Å². The maximum Gasteiger partial charge on any atom is 0.317 e. The van der Waals surface area contributed by atoms with Crippen LogP contribution >= 0.6 is 11.8 Å². The lowest BCUT2D eigenvalue weighted by molar-refractivity contribution is -0.138. The van der Waals surface area contributed by atoms with Gasteiger partial charge in [0.1, 0.15) is 0 Å². The Labute approximate surface area is 141 Å². The van der Waals surface area contributed by atoms with Crippen LogP contribution in [0.5, 0.6) is 0 Å². The maximum atomic E-state index is 12.8. The third-order valence-corrected chi connectivity index (χ3v) is 5.13. The number of carbonyl (C=O) groups excluding carboxylic acids is 1. The van der Waals surface area contributed by atoms with Crippen LogP contribution in [-0.2, 0) is 4.79 Å². The van der Waals surface area contributed by atoms with Crippen LogP contribution in [0, 0.1) is 0 Å². The summed E-state index contributed by atoms with van der Waals surface area (Å²) in [7, 11) is 1.85. The first kappa shape index (κ1) is 17.8. The van der Waals surface area contributed by atoms with Crippen LogP contribution in [0.15, 0.2) is 29.2 Å². The third-order valence-electron chi connectivity index (χ3n) is 4.33. The summed E-state index contributed by atoms with van der Waals surface area (Å²) in [5.74, 6) is -0.727. The standard InChI is InChI=1S/C17H24N2O3S/c1-18(12-16(20)21)13-6-5-10-19(11-9-13)17(22)14-7-3-4-8-15(14)23-2/h3-4,7-8,13H,5-6,9-12H2,1-2H3,(H,20,21). The fourth-order valence-electron chi connectivity index (χ4n) is 3.06. The minimum Gasteiger partial charge on any atom is -0.480 e. The first-order valence-electron chi connectivity index (χ1n) is 7.87. The van der Waals surface area contributed by atoms with Gasteiger partial charge >= 0.3 is 5.97 Å². The van der Waals surface area contributed by atoms with E-state index in [-0.39, 0.29) is 18.5 Å². The summed E-state index contributed by atoms with van der Waals surface area (Å²) in [6, 6.07) is 7.92. The molecule has 1 unspecified atom stereocenters. The van der Waals surface area contributed by atoms with Gasteiger partial charge < -0.3 is 10.0 Å². The van der Waals surface area contributed by atoms with Crippen molar-refractivity contribution in [3.05, 3.63) is 29.8 Å². The molecule has 1 aromatic rings. The van der Waals surface area contributed by atoms with Crippen LogP contribution in [-0.4, -0.2) is 65.8 Å². The number of benzene rings is 1. The predicted octanol–water partition coefficient (Wildman–Crippen LogP) is 2.42. The molecule has 2 rings (SSSR count). The molecular weight excluding hydrogens is 312 g/mol. The molecule has 1 N–H and O–H groups in total. The minimum absolute atomic E-state index is 0.0495. The Kier molecular flexibility index (Phi) is 6.47. The molecule has 0 radical (unpaired) electrons. The summed E-state index contributed by atoms with van der Waals surface area (Å²) in [6.07, 6.45) is 4.63. The molecule has 0 spiro atoms. The number of hydrogen-bond acceptors (Lipinski definition) is 4. The Bertz CT molecular complexity index is 565. The van der Waals surface area contributed by atoms with Gasteiger partial charge in [-0.25, -0.2) is 0 Å². The van der Waals surface area contributed by atoms with Crippen molar-refractivity contribution in [2.45, 2.75) is 30.2 Å². The molecule has 1 saturated heterocycles.